The largest absolute Gasteiger partial charge is 0.497 e. The second kappa shape index (κ2) is 8.93. The molecule has 0 unspecified atom stereocenters. The zero-order valence-corrected chi connectivity index (χ0v) is 14.1. The molecule has 2 rings (SSSR count). The zero-order chi connectivity index (χ0) is 17.4. The molecule has 0 aliphatic heterocycles. The number of anilines is 1. The molecule has 2 aromatic carbocycles. The van der Waals surface area contributed by atoms with Crippen LogP contribution in [0.4, 0.5) is 5.69 Å². The Hall–Kier alpha value is -2.53. The van der Waals surface area contributed by atoms with E-state index in [9.17, 15) is 9.59 Å². The summed E-state index contributed by atoms with van der Waals surface area (Å²) < 4.78 is 5.11. The summed E-state index contributed by atoms with van der Waals surface area (Å²) in [5, 5.41) is 5.47. The van der Waals surface area contributed by atoms with Crippen LogP contribution in [0.2, 0.25) is 0 Å². The highest BCUT2D eigenvalue weighted by molar-refractivity contribution is 6.29. The van der Waals surface area contributed by atoms with Crippen LogP contribution in [0.15, 0.2) is 48.5 Å². The van der Waals surface area contributed by atoms with Crippen molar-refractivity contribution in [1.82, 2.24) is 5.32 Å². The lowest BCUT2D eigenvalue weighted by atomic mass is 10.1. The van der Waals surface area contributed by atoms with Crippen molar-refractivity contribution in [2.45, 2.75) is 6.42 Å². The Bertz CT molecular complexity index is 702. The van der Waals surface area contributed by atoms with E-state index in [0.717, 1.165) is 11.3 Å². The van der Waals surface area contributed by atoms with Crippen LogP contribution >= 0.6 is 11.6 Å². The third kappa shape index (κ3) is 4.99. The summed E-state index contributed by atoms with van der Waals surface area (Å²) in [6, 6.07) is 14.5. The normalized spacial score (nSPS) is 10.1. The minimum Gasteiger partial charge on any atom is -0.497 e. The Morgan fingerprint density at radius 2 is 1.79 bits per heavy atom. The van der Waals surface area contributed by atoms with Gasteiger partial charge in [0, 0.05) is 6.54 Å². The van der Waals surface area contributed by atoms with Gasteiger partial charge in [-0.25, -0.2) is 0 Å². The molecule has 0 fully saturated rings. The van der Waals surface area contributed by atoms with Crippen molar-refractivity contribution in [3.63, 3.8) is 0 Å². The number of amides is 2. The fraction of sp³-hybridized carbons (Fsp3) is 0.222. The molecule has 0 saturated heterocycles. The number of benzene rings is 2. The number of carbonyl (C=O) groups is 2. The number of ether oxygens (including phenoxy) is 1. The van der Waals surface area contributed by atoms with Gasteiger partial charge in [-0.1, -0.05) is 24.3 Å². The Morgan fingerprint density at radius 3 is 2.46 bits per heavy atom. The SMILES string of the molecule is COc1ccc(CCNC(=O)c2ccccc2NC(=O)CCl)cc1. The van der Waals surface area contributed by atoms with Crippen molar-refractivity contribution in [2.24, 2.45) is 0 Å². The van der Waals surface area contributed by atoms with E-state index in [1.807, 2.05) is 24.3 Å². The van der Waals surface area contributed by atoms with E-state index in [4.69, 9.17) is 16.3 Å². The first-order valence-corrected chi connectivity index (χ1v) is 8.03. The molecule has 0 aliphatic carbocycles. The van der Waals surface area contributed by atoms with Crippen molar-refractivity contribution < 1.29 is 14.3 Å². The molecule has 5 nitrogen and oxygen atoms in total. The van der Waals surface area contributed by atoms with E-state index in [-0.39, 0.29) is 17.7 Å². The van der Waals surface area contributed by atoms with Gasteiger partial charge in [0.2, 0.25) is 5.91 Å². The summed E-state index contributed by atoms with van der Waals surface area (Å²) in [6.45, 7) is 0.489. The van der Waals surface area contributed by atoms with E-state index < -0.39 is 0 Å². The van der Waals surface area contributed by atoms with Crippen LogP contribution in [0.3, 0.4) is 0 Å². The summed E-state index contributed by atoms with van der Waals surface area (Å²) in [6.07, 6.45) is 0.700. The number of hydrogen-bond donors (Lipinski definition) is 2. The standard InChI is InChI=1S/C18H19ClN2O3/c1-24-14-8-6-13(7-9-14)10-11-20-18(23)15-4-2-3-5-16(15)21-17(22)12-19/h2-9H,10-12H2,1H3,(H,20,23)(H,21,22). The van der Waals surface area contributed by atoms with Gasteiger partial charge in [0.15, 0.2) is 0 Å². The Labute approximate surface area is 146 Å². The number of carbonyl (C=O) groups excluding carboxylic acids is 2. The average molecular weight is 347 g/mol. The van der Waals surface area contributed by atoms with Gasteiger partial charge < -0.3 is 15.4 Å². The molecule has 0 atom stereocenters. The van der Waals surface area contributed by atoms with Crippen LogP contribution in [0.1, 0.15) is 15.9 Å². The fourth-order valence-electron chi connectivity index (χ4n) is 2.18. The Morgan fingerprint density at radius 1 is 1.08 bits per heavy atom. The maximum absolute atomic E-state index is 12.3. The van der Waals surface area contributed by atoms with E-state index in [1.165, 1.54) is 0 Å². The van der Waals surface area contributed by atoms with Crippen molar-refractivity contribution in [3.05, 3.63) is 59.7 Å². The molecule has 2 N–H and O–H groups in total. The third-order valence-electron chi connectivity index (χ3n) is 3.43. The molecule has 0 bridgehead atoms. The second-order valence-corrected chi connectivity index (χ2v) is 5.35. The van der Waals surface area contributed by atoms with Crippen LogP contribution in [0, 0.1) is 0 Å². The van der Waals surface area contributed by atoms with E-state index in [0.29, 0.717) is 24.2 Å². The number of methoxy groups -OCH3 is 1. The molecular weight excluding hydrogens is 328 g/mol. The minimum atomic E-state index is -0.352. The highest BCUT2D eigenvalue weighted by Crippen LogP contribution is 2.15. The molecule has 2 aromatic rings. The van der Waals surface area contributed by atoms with Crippen molar-refractivity contribution in [2.75, 3.05) is 24.9 Å². The lowest BCUT2D eigenvalue weighted by Crippen LogP contribution is -2.27. The molecule has 24 heavy (non-hydrogen) atoms. The lowest BCUT2D eigenvalue weighted by Gasteiger charge is -2.11. The third-order valence-corrected chi connectivity index (χ3v) is 3.67. The fourth-order valence-corrected chi connectivity index (χ4v) is 2.25. The minimum absolute atomic E-state index is 0.159. The number of para-hydroxylation sites is 1. The van der Waals surface area contributed by atoms with Crippen LogP contribution in [0.25, 0.3) is 0 Å². The smallest absolute Gasteiger partial charge is 0.253 e. The second-order valence-electron chi connectivity index (χ2n) is 5.08. The Balaban J connectivity index is 1.93. The highest BCUT2D eigenvalue weighted by atomic mass is 35.5. The average Bonchev–Trinajstić information content (AvgIpc) is 2.62. The van der Waals surface area contributed by atoms with Gasteiger partial charge >= 0.3 is 0 Å². The summed E-state index contributed by atoms with van der Waals surface area (Å²) in [7, 11) is 1.62. The number of nitrogens with one attached hydrogen (secondary N) is 2. The molecule has 126 valence electrons. The van der Waals surface area contributed by atoms with Crippen LogP contribution in [0.5, 0.6) is 5.75 Å². The molecule has 0 aliphatic rings. The van der Waals surface area contributed by atoms with Gasteiger partial charge in [-0.05, 0) is 36.2 Å². The molecule has 0 heterocycles. The first-order chi connectivity index (χ1) is 11.6. The molecule has 0 aromatic heterocycles. The van der Waals surface area contributed by atoms with Gasteiger partial charge in [-0.2, -0.15) is 0 Å². The van der Waals surface area contributed by atoms with Crippen LogP contribution in [-0.4, -0.2) is 31.3 Å². The van der Waals surface area contributed by atoms with Gasteiger partial charge in [0.25, 0.3) is 5.91 Å². The van der Waals surface area contributed by atoms with Crippen molar-refractivity contribution in [1.29, 1.82) is 0 Å². The number of halogens is 1. The maximum atomic E-state index is 12.3. The predicted octanol–water partition coefficient (Wildman–Crippen LogP) is 2.85. The molecule has 0 saturated carbocycles. The number of alkyl halides is 1. The monoisotopic (exact) mass is 346 g/mol. The predicted molar refractivity (Wildman–Crippen MR) is 94.8 cm³/mol. The maximum Gasteiger partial charge on any atom is 0.253 e. The lowest BCUT2D eigenvalue weighted by molar-refractivity contribution is -0.113. The van der Waals surface area contributed by atoms with Gasteiger partial charge in [-0.3, -0.25) is 9.59 Å². The summed E-state index contributed by atoms with van der Waals surface area (Å²) >= 11 is 5.49. The molecule has 2 amide bonds. The molecular formula is C18H19ClN2O3. The van der Waals surface area contributed by atoms with E-state index >= 15 is 0 Å². The van der Waals surface area contributed by atoms with Gasteiger partial charge in [0.05, 0.1) is 18.4 Å². The van der Waals surface area contributed by atoms with Gasteiger partial charge in [-0.15, -0.1) is 11.6 Å². The Kier molecular flexibility index (Phi) is 6.63. The summed E-state index contributed by atoms with van der Waals surface area (Å²) in [5.74, 6) is 0.0452. The zero-order valence-electron chi connectivity index (χ0n) is 13.3. The van der Waals surface area contributed by atoms with E-state index in [1.54, 1.807) is 31.4 Å². The highest BCUT2D eigenvalue weighted by Gasteiger charge is 2.12. The van der Waals surface area contributed by atoms with Crippen LogP contribution in [-0.2, 0) is 11.2 Å². The van der Waals surface area contributed by atoms with Gasteiger partial charge in [0.1, 0.15) is 11.6 Å². The van der Waals surface area contributed by atoms with Crippen molar-refractivity contribution in [3.8, 4) is 5.75 Å². The number of rotatable bonds is 7. The molecule has 6 heteroatoms. The quantitative estimate of drug-likeness (QED) is 0.757. The first-order valence-electron chi connectivity index (χ1n) is 7.50. The molecule has 0 spiro atoms. The molecule has 0 radical (unpaired) electrons. The number of hydrogen-bond acceptors (Lipinski definition) is 3. The van der Waals surface area contributed by atoms with Crippen molar-refractivity contribution >= 4 is 29.1 Å². The summed E-state index contributed by atoms with van der Waals surface area (Å²) in [4.78, 5) is 23.7. The topological polar surface area (TPSA) is 67.4 Å². The summed E-state index contributed by atoms with van der Waals surface area (Å²) in [5.41, 5.74) is 1.95. The van der Waals surface area contributed by atoms with E-state index in [2.05, 4.69) is 10.6 Å². The first kappa shape index (κ1) is 17.8. The van der Waals surface area contributed by atoms with Crippen LogP contribution < -0.4 is 15.4 Å².